The van der Waals surface area contributed by atoms with E-state index in [4.69, 9.17) is 21.1 Å². The zero-order chi connectivity index (χ0) is 13.5. The lowest BCUT2D eigenvalue weighted by atomic mass is 10.3. The van der Waals surface area contributed by atoms with Gasteiger partial charge in [-0.3, -0.25) is 0 Å². The van der Waals surface area contributed by atoms with Crippen molar-refractivity contribution in [2.24, 2.45) is 0 Å². The Balaban J connectivity index is 2.12. The van der Waals surface area contributed by atoms with E-state index in [-0.39, 0.29) is 0 Å². The molecule has 0 bridgehead atoms. The Bertz CT molecular complexity index is 514. The third-order valence-electron chi connectivity index (χ3n) is 2.48. The van der Waals surface area contributed by atoms with Crippen LogP contribution in [-0.2, 0) is 5.88 Å². The third-order valence-corrected chi connectivity index (χ3v) is 2.79. The Morgan fingerprint density at radius 2 is 1.89 bits per heavy atom. The first kappa shape index (κ1) is 13.7. The van der Waals surface area contributed by atoms with Gasteiger partial charge in [0.1, 0.15) is 0 Å². The van der Waals surface area contributed by atoms with Gasteiger partial charge < -0.3 is 9.47 Å². The largest absolute Gasteiger partial charge is 0.490 e. The van der Waals surface area contributed by atoms with E-state index in [9.17, 15) is 0 Å². The molecular weight excluding hydrogens is 262 g/mol. The molecule has 0 aliphatic carbocycles. The smallest absolute Gasteiger partial charge is 0.219 e. The first-order chi connectivity index (χ1) is 9.33. The Labute approximate surface area is 118 Å². The van der Waals surface area contributed by atoms with E-state index in [2.05, 4.69) is 11.9 Å². The Kier molecular flexibility index (Phi) is 5.04. The number of hydrogen-bond acceptors (Lipinski definition) is 3. The molecule has 0 N–H and O–H groups in total. The lowest BCUT2D eigenvalue weighted by Gasteiger charge is -2.11. The highest BCUT2D eigenvalue weighted by molar-refractivity contribution is 6.17. The highest BCUT2D eigenvalue weighted by atomic mass is 35.5. The molecule has 0 radical (unpaired) electrons. The maximum absolute atomic E-state index is 5.73. The number of rotatable bonds is 6. The summed E-state index contributed by atoms with van der Waals surface area (Å²) in [5.41, 5.74) is 0.963. The fourth-order valence-corrected chi connectivity index (χ4v) is 1.69. The molecule has 1 heterocycles. The van der Waals surface area contributed by atoms with E-state index in [1.165, 1.54) is 0 Å². The van der Waals surface area contributed by atoms with Gasteiger partial charge in [-0.2, -0.15) is 0 Å². The first-order valence-corrected chi connectivity index (χ1v) is 6.77. The fourth-order valence-electron chi connectivity index (χ4n) is 1.53. The summed E-state index contributed by atoms with van der Waals surface area (Å²) in [6, 6.07) is 11.3. The summed E-state index contributed by atoms with van der Waals surface area (Å²) in [7, 11) is 0. The van der Waals surface area contributed by atoms with Crippen LogP contribution in [0.3, 0.4) is 0 Å². The normalized spacial score (nSPS) is 10.2. The van der Waals surface area contributed by atoms with Gasteiger partial charge in [0, 0.05) is 18.1 Å². The number of pyridine rings is 1. The van der Waals surface area contributed by atoms with E-state index < -0.39 is 0 Å². The molecule has 100 valence electrons. The van der Waals surface area contributed by atoms with Crippen LogP contribution in [-0.4, -0.2) is 11.6 Å². The number of benzene rings is 1. The molecule has 4 heteroatoms. The number of para-hydroxylation sites is 2. The van der Waals surface area contributed by atoms with Crippen molar-refractivity contribution in [2.75, 3.05) is 6.61 Å². The topological polar surface area (TPSA) is 31.4 Å². The van der Waals surface area contributed by atoms with Gasteiger partial charge in [-0.1, -0.05) is 25.1 Å². The van der Waals surface area contributed by atoms with Crippen molar-refractivity contribution in [1.29, 1.82) is 0 Å². The molecule has 0 saturated heterocycles. The monoisotopic (exact) mass is 277 g/mol. The predicted molar refractivity (Wildman–Crippen MR) is 76.1 cm³/mol. The second-order valence-corrected chi connectivity index (χ2v) is 4.30. The van der Waals surface area contributed by atoms with Crippen molar-refractivity contribution >= 4 is 11.6 Å². The average molecular weight is 278 g/mol. The van der Waals surface area contributed by atoms with Gasteiger partial charge in [0.15, 0.2) is 11.5 Å². The third kappa shape index (κ3) is 3.86. The number of aromatic nitrogens is 1. The molecule has 0 aliphatic heterocycles. The van der Waals surface area contributed by atoms with Gasteiger partial charge in [-0.25, -0.2) is 4.98 Å². The molecule has 1 aromatic heterocycles. The highest BCUT2D eigenvalue weighted by Gasteiger charge is 2.06. The van der Waals surface area contributed by atoms with Crippen molar-refractivity contribution < 1.29 is 9.47 Å². The van der Waals surface area contributed by atoms with Gasteiger partial charge in [-0.15, -0.1) is 11.6 Å². The zero-order valence-corrected chi connectivity index (χ0v) is 11.6. The SMILES string of the molecule is CCCOc1ccccc1Oc1ccc(CCl)cn1. The molecule has 0 aliphatic rings. The zero-order valence-electron chi connectivity index (χ0n) is 10.8. The Morgan fingerprint density at radius 1 is 1.11 bits per heavy atom. The van der Waals surface area contributed by atoms with Crippen LogP contribution in [0.4, 0.5) is 0 Å². The van der Waals surface area contributed by atoms with Gasteiger partial charge in [0.05, 0.1) is 6.61 Å². The lowest BCUT2D eigenvalue weighted by Crippen LogP contribution is -1.97. The number of ether oxygens (including phenoxy) is 2. The minimum atomic E-state index is 0.448. The predicted octanol–water partition coefficient (Wildman–Crippen LogP) is 4.40. The number of nitrogens with zero attached hydrogens (tertiary/aromatic N) is 1. The highest BCUT2D eigenvalue weighted by Crippen LogP contribution is 2.30. The van der Waals surface area contributed by atoms with E-state index in [0.717, 1.165) is 17.7 Å². The minimum Gasteiger partial charge on any atom is -0.490 e. The molecule has 0 saturated carbocycles. The van der Waals surface area contributed by atoms with Crippen LogP contribution in [0, 0.1) is 0 Å². The Hall–Kier alpha value is -1.74. The quantitative estimate of drug-likeness (QED) is 0.733. The van der Waals surface area contributed by atoms with Gasteiger partial charge in [-0.05, 0) is 24.1 Å². The summed E-state index contributed by atoms with van der Waals surface area (Å²) in [4.78, 5) is 4.20. The van der Waals surface area contributed by atoms with E-state index in [1.54, 1.807) is 12.3 Å². The van der Waals surface area contributed by atoms with Crippen molar-refractivity contribution in [1.82, 2.24) is 4.98 Å². The van der Waals surface area contributed by atoms with Gasteiger partial charge in [0.25, 0.3) is 0 Å². The molecule has 0 amide bonds. The number of halogens is 1. The van der Waals surface area contributed by atoms with Crippen LogP contribution in [0.1, 0.15) is 18.9 Å². The fraction of sp³-hybridized carbons (Fsp3) is 0.267. The molecule has 3 nitrogen and oxygen atoms in total. The Morgan fingerprint density at radius 3 is 2.53 bits per heavy atom. The van der Waals surface area contributed by atoms with Crippen LogP contribution in [0.25, 0.3) is 0 Å². The summed E-state index contributed by atoms with van der Waals surface area (Å²) in [5.74, 6) is 2.37. The van der Waals surface area contributed by atoms with E-state index in [1.807, 2.05) is 30.3 Å². The molecule has 1 aromatic carbocycles. The number of alkyl halides is 1. The number of hydrogen-bond donors (Lipinski definition) is 0. The van der Waals surface area contributed by atoms with E-state index >= 15 is 0 Å². The maximum atomic E-state index is 5.73. The maximum Gasteiger partial charge on any atom is 0.219 e. The second kappa shape index (κ2) is 7.00. The summed E-state index contributed by atoms with van der Waals surface area (Å²) in [5, 5.41) is 0. The molecule has 0 spiro atoms. The lowest BCUT2D eigenvalue weighted by molar-refractivity contribution is 0.301. The van der Waals surface area contributed by atoms with Crippen molar-refractivity contribution in [3.63, 3.8) is 0 Å². The minimum absolute atomic E-state index is 0.448. The van der Waals surface area contributed by atoms with Crippen LogP contribution in [0.5, 0.6) is 17.4 Å². The first-order valence-electron chi connectivity index (χ1n) is 6.24. The molecule has 2 rings (SSSR count). The van der Waals surface area contributed by atoms with Crippen molar-refractivity contribution in [3.8, 4) is 17.4 Å². The standard InChI is InChI=1S/C15H16ClNO2/c1-2-9-18-13-5-3-4-6-14(13)19-15-8-7-12(10-16)11-17-15/h3-8,11H,2,9-10H2,1H3. The van der Waals surface area contributed by atoms with Gasteiger partial charge in [0.2, 0.25) is 5.88 Å². The molecule has 0 unspecified atom stereocenters. The van der Waals surface area contributed by atoms with Crippen LogP contribution < -0.4 is 9.47 Å². The molecule has 0 atom stereocenters. The molecule has 0 fully saturated rings. The molecular formula is C15H16ClNO2. The molecule has 2 aromatic rings. The molecule has 19 heavy (non-hydrogen) atoms. The summed E-state index contributed by atoms with van der Waals surface area (Å²) in [6.07, 6.45) is 2.66. The summed E-state index contributed by atoms with van der Waals surface area (Å²) in [6.45, 7) is 2.73. The summed E-state index contributed by atoms with van der Waals surface area (Å²) >= 11 is 5.72. The van der Waals surface area contributed by atoms with Crippen molar-refractivity contribution in [3.05, 3.63) is 48.2 Å². The summed E-state index contributed by atoms with van der Waals surface area (Å²) < 4.78 is 11.4. The van der Waals surface area contributed by atoms with Gasteiger partial charge >= 0.3 is 0 Å². The second-order valence-electron chi connectivity index (χ2n) is 4.04. The van der Waals surface area contributed by atoms with Crippen molar-refractivity contribution in [2.45, 2.75) is 19.2 Å². The van der Waals surface area contributed by atoms with E-state index in [0.29, 0.717) is 24.1 Å². The van der Waals surface area contributed by atoms with Crippen LogP contribution >= 0.6 is 11.6 Å². The van der Waals surface area contributed by atoms with Crippen LogP contribution in [0.15, 0.2) is 42.6 Å². The van der Waals surface area contributed by atoms with Crippen LogP contribution in [0.2, 0.25) is 0 Å². The average Bonchev–Trinajstić information content (AvgIpc) is 2.47.